The van der Waals surface area contributed by atoms with Gasteiger partial charge in [0.1, 0.15) is 17.3 Å². The molecule has 1 saturated heterocycles. The Morgan fingerprint density at radius 2 is 2.14 bits per heavy atom. The van der Waals surface area contributed by atoms with Gasteiger partial charge in [0.05, 0.1) is 13.7 Å². The lowest BCUT2D eigenvalue weighted by Gasteiger charge is -2.12. The molecular weight excluding hydrogens is 266 g/mol. The van der Waals surface area contributed by atoms with Crippen LogP contribution in [0.4, 0.5) is 0 Å². The number of rotatable bonds is 4. The van der Waals surface area contributed by atoms with Gasteiger partial charge in [-0.3, -0.25) is 0 Å². The summed E-state index contributed by atoms with van der Waals surface area (Å²) in [5.74, 6) is 3.23. The summed E-state index contributed by atoms with van der Waals surface area (Å²) in [5, 5.41) is 4.70. The first-order valence-corrected chi connectivity index (χ1v) is 7.38. The Morgan fingerprint density at radius 3 is 2.81 bits per heavy atom. The average molecular weight is 287 g/mol. The maximum atomic E-state index is 5.52. The Balaban J connectivity index is 2.11. The van der Waals surface area contributed by atoms with Crippen LogP contribution in [0.2, 0.25) is 0 Å². The van der Waals surface area contributed by atoms with Crippen molar-refractivity contribution in [3.63, 3.8) is 0 Å². The second-order valence-corrected chi connectivity index (χ2v) is 5.63. The van der Waals surface area contributed by atoms with Crippen molar-refractivity contribution in [2.75, 3.05) is 20.3 Å². The maximum Gasteiger partial charge on any atom is 0.153 e. The first-order chi connectivity index (χ1) is 10.2. The number of hydrogen-bond donors (Lipinski definition) is 0. The average Bonchev–Trinajstić information content (AvgIpc) is 3.16. The van der Waals surface area contributed by atoms with Crippen LogP contribution in [-0.2, 0) is 4.74 Å². The molecule has 0 bridgehead atoms. The summed E-state index contributed by atoms with van der Waals surface area (Å²) in [6, 6.07) is 7.91. The van der Waals surface area contributed by atoms with Gasteiger partial charge in [-0.15, -0.1) is 0 Å². The van der Waals surface area contributed by atoms with E-state index >= 15 is 0 Å². The van der Waals surface area contributed by atoms with E-state index in [1.807, 2.05) is 28.9 Å². The first kappa shape index (κ1) is 14.1. The lowest BCUT2D eigenvalue weighted by molar-refractivity contribution is 0.193. The zero-order valence-corrected chi connectivity index (χ0v) is 12.7. The molecule has 5 heteroatoms. The number of aromatic nitrogens is 3. The number of methoxy groups -OCH3 is 1. The summed E-state index contributed by atoms with van der Waals surface area (Å²) in [5.41, 5.74) is 0.932. The summed E-state index contributed by atoms with van der Waals surface area (Å²) in [7, 11) is 1.68. The van der Waals surface area contributed by atoms with Crippen molar-refractivity contribution in [1.82, 2.24) is 14.8 Å². The van der Waals surface area contributed by atoms with Gasteiger partial charge in [-0.05, 0) is 18.6 Å². The van der Waals surface area contributed by atoms with Crippen LogP contribution in [0.15, 0.2) is 24.3 Å². The molecule has 1 aliphatic heterocycles. The van der Waals surface area contributed by atoms with E-state index in [2.05, 4.69) is 13.8 Å². The molecule has 1 aromatic carbocycles. The zero-order valence-electron chi connectivity index (χ0n) is 12.7. The molecule has 5 nitrogen and oxygen atoms in total. The minimum absolute atomic E-state index is 0.294. The molecule has 0 N–H and O–H groups in total. The molecule has 21 heavy (non-hydrogen) atoms. The molecule has 1 atom stereocenters. The van der Waals surface area contributed by atoms with Crippen molar-refractivity contribution >= 4 is 0 Å². The molecule has 1 aromatic heterocycles. The van der Waals surface area contributed by atoms with E-state index in [1.165, 1.54) is 0 Å². The normalized spacial score (nSPS) is 18.4. The highest BCUT2D eigenvalue weighted by molar-refractivity contribution is 5.46. The second-order valence-electron chi connectivity index (χ2n) is 5.63. The minimum Gasteiger partial charge on any atom is -0.494 e. The van der Waals surface area contributed by atoms with Crippen LogP contribution in [0, 0.1) is 0 Å². The second kappa shape index (κ2) is 5.85. The highest BCUT2D eigenvalue weighted by Crippen LogP contribution is 2.30. The maximum absolute atomic E-state index is 5.52. The van der Waals surface area contributed by atoms with Crippen LogP contribution >= 0.6 is 0 Å². The fraction of sp³-hybridized carbons (Fsp3) is 0.500. The lowest BCUT2D eigenvalue weighted by atomic mass is 10.1. The van der Waals surface area contributed by atoms with Crippen molar-refractivity contribution in [1.29, 1.82) is 0 Å². The summed E-state index contributed by atoms with van der Waals surface area (Å²) in [4.78, 5) is 4.76. The van der Waals surface area contributed by atoms with Gasteiger partial charge in [0.2, 0.25) is 0 Å². The number of benzene rings is 1. The Bertz CT molecular complexity index is 616. The van der Waals surface area contributed by atoms with E-state index in [1.54, 1.807) is 7.11 Å². The van der Waals surface area contributed by atoms with Gasteiger partial charge >= 0.3 is 0 Å². The van der Waals surface area contributed by atoms with Gasteiger partial charge in [0.15, 0.2) is 5.82 Å². The predicted molar refractivity (Wildman–Crippen MR) is 80.2 cm³/mol. The van der Waals surface area contributed by atoms with Gasteiger partial charge in [0.25, 0.3) is 0 Å². The third kappa shape index (κ3) is 2.65. The molecule has 1 unspecified atom stereocenters. The molecule has 0 spiro atoms. The Kier molecular flexibility index (Phi) is 3.92. The van der Waals surface area contributed by atoms with Crippen molar-refractivity contribution in [3.05, 3.63) is 35.9 Å². The fourth-order valence-electron chi connectivity index (χ4n) is 2.57. The summed E-state index contributed by atoms with van der Waals surface area (Å²) < 4.78 is 12.9. The van der Waals surface area contributed by atoms with Gasteiger partial charge in [-0.25, -0.2) is 9.67 Å². The largest absolute Gasteiger partial charge is 0.494 e. The van der Waals surface area contributed by atoms with E-state index in [9.17, 15) is 0 Å². The minimum atomic E-state index is 0.294. The molecule has 2 aromatic rings. The molecule has 112 valence electrons. The summed E-state index contributed by atoms with van der Waals surface area (Å²) >= 11 is 0. The topological polar surface area (TPSA) is 49.2 Å². The van der Waals surface area contributed by atoms with E-state index in [-0.39, 0.29) is 0 Å². The third-order valence-corrected chi connectivity index (χ3v) is 3.77. The Morgan fingerprint density at radius 1 is 1.33 bits per heavy atom. The third-order valence-electron chi connectivity index (χ3n) is 3.77. The van der Waals surface area contributed by atoms with E-state index in [0.29, 0.717) is 18.4 Å². The molecule has 0 saturated carbocycles. The number of nitrogens with zero attached hydrogens (tertiary/aromatic N) is 3. The van der Waals surface area contributed by atoms with E-state index < -0.39 is 0 Å². The molecule has 3 rings (SSSR count). The van der Waals surface area contributed by atoms with Crippen LogP contribution in [0.5, 0.6) is 5.75 Å². The molecule has 0 radical (unpaired) electrons. The Hall–Kier alpha value is -1.88. The monoisotopic (exact) mass is 287 g/mol. The molecular formula is C16H21N3O2. The summed E-state index contributed by atoms with van der Waals surface area (Å²) in [6.45, 7) is 5.72. The Labute approximate surface area is 124 Å². The van der Waals surface area contributed by atoms with E-state index in [0.717, 1.165) is 36.1 Å². The molecule has 1 fully saturated rings. The highest BCUT2D eigenvalue weighted by Gasteiger charge is 2.26. The van der Waals surface area contributed by atoms with Crippen LogP contribution in [-0.4, -0.2) is 35.1 Å². The van der Waals surface area contributed by atoms with E-state index in [4.69, 9.17) is 19.6 Å². The first-order valence-electron chi connectivity index (χ1n) is 7.38. The lowest BCUT2D eigenvalue weighted by Crippen LogP contribution is -2.10. The highest BCUT2D eigenvalue weighted by atomic mass is 16.5. The predicted octanol–water partition coefficient (Wildman–Crippen LogP) is 2.90. The van der Waals surface area contributed by atoms with Crippen LogP contribution in [0.3, 0.4) is 0 Å². The van der Waals surface area contributed by atoms with Crippen molar-refractivity contribution < 1.29 is 9.47 Å². The standard InChI is InChI=1S/C16H21N3O2/c1-11(2)15-17-16(12-8-9-21-10-12)19(18-15)13-6-4-5-7-14(13)20-3/h4-7,11-12H,8-10H2,1-3H3. The van der Waals surface area contributed by atoms with Crippen LogP contribution in [0.25, 0.3) is 5.69 Å². The van der Waals surface area contributed by atoms with Gasteiger partial charge in [-0.2, -0.15) is 5.10 Å². The molecule has 2 heterocycles. The quantitative estimate of drug-likeness (QED) is 0.867. The molecule has 0 amide bonds. The summed E-state index contributed by atoms with van der Waals surface area (Å²) in [6.07, 6.45) is 0.991. The fourth-order valence-corrected chi connectivity index (χ4v) is 2.57. The van der Waals surface area contributed by atoms with Crippen molar-refractivity contribution in [2.45, 2.75) is 32.1 Å². The van der Waals surface area contributed by atoms with Crippen LogP contribution < -0.4 is 4.74 Å². The van der Waals surface area contributed by atoms with Gasteiger partial charge in [0, 0.05) is 18.4 Å². The zero-order chi connectivity index (χ0) is 14.8. The molecule has 0 aliphatic carbocycles. The smallest absolute Gasteiger partial charge is 0.153 e. The van der Waals surface area contributed by atoms with Gasteiger partial charge < -0.3 is 9.47 Å². The van der Waals surface area contributed by atoms with Crippen molar-refractivity contribution in [2.24, 2.45) is 0 Å². The van der Waals surface area contributed by atoms with Crippen LogP contribution in [0.1, 0.15) is 43.8 Å². The number of para-hydroxylation sites is 2. The van der Waals surface area contributed by atoms with Crippen molar-refractivity contribution in [3.8, 4) is 11.4 Å². The SMILES string of the molecule is COc1ccccc1-n1nc(C(C)C)nc1C1CCOC1. The number of hydrogen-bond acceptors (Lipinski definition) is 4. The molecule has 1 aliphatic rings. The number of ether oxygens (including phenoxy) is 2. The van der Waals surface area contributed by atoms with Gasteiger partial charge in [-0.1, -0.05) is 26.0 Å².